The summed E-state index contributed by atoms with van der Waals surface area (Å²) in [6.45, 7) is 1.64. The number of halogens is 1. The van der Waals surface area contributed by atoms with Gasteiger partial charge in [0.2, 0.25) is 0 Å². The van der Waals surface area contributed by atoms with Gasteiger partial charge < -0.3 is 8.92 Å². The summed E-state index contributed by atoms with van der Waals surface area (Å²) in [5.74, 6) is -1.24. The summed E-state index contributed by atoms with van der Waals surface area (Å²) in [4.78, 5) is 15.6. The van der Waals surface area contributed by atoms with Gasteiger partial charge >= 0.3 is 16.1 Å². The Bertz CT molecular complexity index is 924. The van der Waals surface area contributed by atoms with E-state index in [1.807, 2.05) is 0 Å². The van der Waals surface area contributed by atoms with Crippen molar-refractivity contribution < 1.29 is 26.5 Å². The highest BCUT2D eigenvalue weighted by Crippen LogP contribution is 2.40. The third-order valence-electron chi connectivity index (χ3n) is 3.49. The Kier molecular flexibility index (Phi) is 3.56. The molecular formula is C15H12FNO5S. The number of pyridine rings is 1. The molecule has 2 aromatic rings. The summed E-state index contributed by atoms with van der Waals surface area (Å²) >= 11 is 0. The molecule has 1 aliphatic rings. The van der Waals surface area contributed by atoms with E-state index in [-0.39, 0.29) is 22.8 Å². The van der Waals surface area contributed by atoms with Crippen LogP contribution in [-0.2, 0) is 26.1 Å². The Morgan fingerprint density at radius 1 is 1.35 bits per heavy atom. The number of hydrogen-bond acceptors (Lipinski definition) is 6. The topological polar surface area (TPSA) is 82.6 Å². The smallest absolute Gasteiger partial charge is 0.341 e. The summed E-state index contributed by atoms with van der Waals surface area (Å²) in [5.41, 5.74) is 1.40. The van der Waals surface area contributed by atoms with Crippen molar-refractivity contribution in [3.63, 3.8) is 0 Å². The molecule has 1 aliphatic heterocycles. The Morgan fingerprint density at radius 2 is 2.09 bits per heavy atom. The SMILES string of the molecule is COC(=O)Cc1nc2c(cc1C)S(=O)(=O)Oc1cc(F)ccc1-2. The number of methoxy groups -OCH3 is 1. The fraction of sp³-hybridized carbons (Fsp3) is 0.200. The van der Waals surface area contributed by atoms with Gasteiger partial charge in [0.1, 0.15) is 10.7 Å². The second-order valence-electron chi connectivity index (χ2n) is 5.03. The molecule has 0 atom stereocenters. The molecule has 8 heteroatoms. The van der Waals surface area contributed by atoms with Crippen LogP contribution in [0, 0.1) is 12.7 Å². The molecule has 0 bridgehead atoms. The number of benzene rings is 1. The van der Waals surface area contributed by atoms with E-state index in [9.17, 15) is 17.6 Å². The lowest BCUT2D eigenvalue weighted by molar-refractivity contribution is -0.139. The van der Waals surface area contributed by atoms with Crippen LogP contribution in [0.2, 0.25) is 0 Å². The molecule has 2 heterocycles. The summed E-state index contributed by atoms with van der Waals surface area (Å²) in [5, 5.41) is 0. The molecule has 0 saturated carbocycles. The van der Waals surface area contributed by atoms with Crippen LogP contribution in [0.5, 0.6) is 5.75 Å². The molecule has 120 valence electrons. The first-order valence-electron chi connectivity index (χ1n) is 6.63. The molecule has 6 nitrogen and oxygen atoms in total. The van der Waals surface area contributed by atoms with Gasteiger partial charge in [-0.3, -0.25) is 9.78 Å². The highest BCUT2D eigenvalue weighted by Gasteiger charge is 2.32. The molecule has 0 radical (unpaired) electrons. The first kappa shape index (κ1) is 15.4. The van der Waals surface area contributed by atoms with E-state index in [0.29, 0.717) is 16.8 Å². The van der Waals surface area contributed by atoms with E-state index >= 15 is 0 Å². The number of aryl methyl sites for hydroxylation is 1. The van der Waals surface area contributed by atoms with Gasteiger partial charge in [-0.05, 0) is 30.7 Å². The quantitative estimate of drug-likeness (QED) is 0.616. The third-order valence-corrected chi connectivity index (χ3v) is 4.74. The first-order valence-corrected chi connectivity index (χ1v) is 8.04. The van der Waals surface area contributed by atoms with Gasteiger partial charge in [-0.2, -0.15) is 8.42 Å². The van der Waals surface area contributed by atoms with Crippen LogP contribution in [0.25, 0.3) is 11.3 Å². The predicted octanol–water partition coefficient (Wildman–Crippen LogP) is 1.99. The molecule has 0 unspecified atom stereocenters. The maximum Gasteiger partial charge on any atom is 0.341 e. The van der Waals surface area contributed by atoms with E-state index in [2.05, 4.69) is 9.72 Å². The fourth-order valence-corrected chi connectivity index (χ4v) is 3.50. The lowest BCUT2D eigenvalue weighted by Gasteiger charge is -2.21. The van der Waals surface area contributed by atoms with Crippen molar-refractivity contribution in [3.05, 3.63) is 41.3 Å². The number of carbonyl (C=O) groups excluding carboxylic acids is 1. The van der Waals surface area contributed by atoms with Crippen LogP contribution in [0.15, 0.2) is 29.2 Å². The van der Waals surface area contributed by atoms with Crippen LogP contribution in [0.1, 0.15) is 11.3 Å². The van der Waals surface area contributed by atoms with E-state index < -0.39 is 21.9 Å². The van der Waals surface area contributed by atoms with E-state index in [0.717, 1.165) is 6.07 Å². The summed E-state index contributed by atoms with van der Waals surface area (Å²) < 4.78 is 47.3. The Hall–Kier alpha value is -2.48. The van der Waals surface area contributed by atoms with Crippen LogP contribution in [-0.4, -0.2) is 26.5 Å². The fourth-order valence-electron chi connectivity index (χ4n) is 2.32. The number of rotatable bonds is 2. The van der Waals surface area contributed by atoms with Crippen molar-refractivity contribution in [1.29, 1.82) is 0 Å². The van der Waals surface area contributed by atoms with Gasteiger partial charge in [-0.25, -0.2) is 4.39 Å². The van der Waals surface area contributed by atoms with Gasteiger partial charge in [-0.15, -0.1) is 0 Å². The maximum absolute atomic E-state index is 13.3. The lowest BCUT2D eigenvalue weighted by Crippen LogP contribution is -2.19. The number of ether oxygens (including phenoxy) is 1. The molecule has 3 rings (SSSR count). The van der Waals surface area contributed by atoms with Gasteiger partial charge in [-0.1, -0.05) is 0 Å². The maximum atomic E-state index is 13.3. The third kappa shape index (κ3) is 2.65. The summed E-state index contributed by atoms with van der Waals surface area (Å²) in [6.07, 6.45) is -0.0902. The zero-order chi connectivity index (χ0) is 16.8. The average Bonchev–Trinajstić information content (AvgIpc) is 2.48. The van der Waals surface area contributed by atoms with Gasteiger partial charge in [0, 0.05) is 11.6 Å². The zero-order valence-electron chi connectivity index (χ0n) is 12.3. The standard InChI is InChI=1S/C15H12FNO5S/c1-8-5-13-15(17-11(8)7-14(18)21-2)10-4-3-9(16)6-12(10)22-23(13,19)20/h3-6H,7H2,1-2H3. The Morgan fingerprint density at radius 3 is 2.78 bits per heavy atom. The van der Waals surface area contributed by atoms with Crippen molar-refractivity contribution in [1.82, 2.24) is 4.98 Å². The minimum absolute atomic E-state index is 0.0902. The zero-order valence-corrected chi connectivity index (χ0v) is 13.1. The van der Waals surface area contributed by atoms with E-state index in [4.69, 9.17) is 4.18 Å². The van der Waals surface area contributed by atoms with Crippen LogP contribution < -0.4 is 4.18 Å². The van der Waals surface area contributed by atoms with Crippen molar-refractivity contribution in [2.75, 3.05) is 7.11 Å². The van der Waals surface area contributed by atoms with Crippen LogP contribution in [0.3, 0.4) is 0 Å². The first-order chi connectivity index (χ1) is 10.8. The van der Waals surface area contributed by atoms with Crippen molar-refractivity contribution in [2.45, 2.75) is 18.2 Å². The molecule has 0 amide bonds. The Balaban J connectivity index is 2.24. The molecule has 0 saturated heterocycles. The van der Waals surface area contributed by atoms with Crippen molar-refractivity contribution >= 4 is 16.1 Å². The van der Waals surface area contributed by atoms with E-state index in [1.165, 1.54) is 25.3 Å². The number of nitrogens with zero attached hydrogens (tertiary/aromatic N) is 1. The molecule has 1 aromatic heterocycles. The number of fused-ring (bicyclic) bond motifs is 3. The number of carbonyl (C=O) groups is 1. The predicted molar refractivity (Wildman–Crippen MR) is 77.9 cm³/mol. The van der Waals surface area contributed by atoms with Crippen molar-refractivity contribution in [3.8, 4) is 17.0 Å². The highest BCUT2D eigenvalue weighted by atomic mass is 32.2. The van der Waals surface area contributed by atoms with Gasteiger partial charge in [0.05, 0.1) is 24.9 Å². The monoisotopic (exact) mass is 337 g/mol. The highest BCUT2D eigenvalue weighted by molar-refractivity contribution is 7.87. The Labute approximate surface area is 132 Å². The lowest BCUT2D eigenvalue weighted by atomic mass is 10.1. The number of esters is 1. The number of hydrogen-bond donors (Lipinski definition) is 0. The van der Waals surface area contributed by atoms with Gasteiger partial charge in [0.15, 0.2) is 5.75 Å². The second-order valence-corrected chi connectivity index (χ2v) is 6.54. The average molecular weight is 337 g/mol. The summed E-state index contributed by atoms with van der Waals surface area (Å²) in [7, 11) is -2.83. The van der Waals surface area contributed by atoms with E-state index in [1.54, 1.807) is 6.92 Å². The molecule has 0 aliphatic carbocycles. The minimum atomic E-state index is -4.09. The molecule has 0 N–H and O–H groups in total. The normalized spacial score (nSPS) is 14.4. The second kappa shape index (κ2) is 5.31. The molecule has 1 aromatic carbocycles. The number of aromatic nitrogens is 1. The van der Waals surface area contributed by atoms with Crippen LogP contribution in [0.4, 0.5) is 4.39 Å². The molecule has 0 spiro atoms. The molecule has 0 fully saturated rings. The minimum Gasteiger partial charge on any atom is -0.469 e. The largest absolute Gasteiger partial charge is 0.469 e. The molecule has 23 heavy (non-hydrogen) atoms. The van der Waals surface area contributed by atoms with Crippen molar-refractivity contribution in [2.24, 2.45) is 0 Å². The van der Waals surface area contributed by atoms with Crippen LogP contribution >= 0.6 is 0 Å². The molecular weight excluding hydrogens is 325 g/mol. The van der Waals surface area contributed by atoms with Gasteiger partial charge in [0.25, 0.3) is 0 Å². The summed E-state index contributed by atoms with van der Waals surface area (Å²) in [6, 6.07) is 4.95.